The molecule has 0 N–H and O–H groups in total. The summed E-state index contributed by atoms with van der Waals surface area (Å²) in [6.45, 7) is 5.30. The normalized spacial score (nSPS) is 23.5. The number of rotatable bonds is 5. The minimum atomic E-state index is -0.384. The highest BCUT2D eigenvalue weighted by Gasteiger charge is 2.44. The predicted octanol–water partition coefficient (Wildman–Crippen LogP) is 3.26. The number of nitrogens with zero attached hydrogens (tertiary/aromatic N) is 4. The first-order valence-electron chi connectivity index (χ1n) is 12.8. The summed E-state index contributed by atoms with van der Waals surface area (Å²) in [6, 6.07) is 15.1. The summed E-state index contributed by atoms with van der Waals surface area (Å²) in [5.41, 5.74) is 2.98. The molecule has 2 aromatic carbocycles. The minimum Gasteiger partial charge on any atom is -0.466 e. The van der Waals surface area contributed by atoms with E-state index in [2.05, 4.69) is 21.9 Å². The molecular weight excluding hydrogens is 460 g/mol. The third-order valence-electron chi connectivity index (χ3n) is 7.70. The number of benzene rings is 2. The molecule has 3 aliphatic rings. The SMILES string of the molecule is CCOC(=O)[C@@H]1CCCN(C(=O)[C@H]2Cc3cc([N+](=O)[O-])ccc3N3CCN(c4ccccc4)C[C@H]23)C1. The zero-order valence-corrected chi connectivity index (χ0v) is 20.5. The Morgan fingerprint density at radius 3 is 2.64 bits per heavy atom. The number of hydrogen-bond donors (Lipinski definition) is 0. The second kappa shape index (κ2) is 10.2. The third-order valence-corrected chi connectivity index (χ3v) is 7.70. The topological polar surface area (TPSA) is 96.2 Å². The van der Waals surface area contributed by atoms with Crippen molar-refractivity contribution < 1.29 is 19.2 Å². The largest absolute Gasteiger partial charge is 0.466 e. The Hall–Kier alpha value is -3.62. The highest BCUT2D eigenvalue weighted by atomic mass is 16.6. The summed E-state index contributed by atoms with van der Waals surface area (Å²) < 4.78 is 5.23. The molecule has 0 aliphatic carbocycles. The van der Waals surface area contributed by atoms with Crippen LogP contribution in [0.5, 0.6) is 0 Å². The van der Waals surface area contributed by atoms with Gasteiger partial charge in [-0.25, -0.2) is 0 Å². The number of fused-ring (bicyclic) bond motifs is 3. The molecule has 190 valence electrons. The lowest BCUT2D eigenvalue weighted by Gasteiger charge is -2.50. The fraction of sp³-hybridized carbons (Fsp3) is 0.481. The van der Waals surface area contributed by atoms with Crippen LogP contribution in [0.3, 0.4) is 0 Å². The molecule has 0 radical (unpaired) electrons. The minimum absolute atomic E-state index is 0.0195. The molecule has 0 spiro atoms. The average molecular weight is 493 g/mol. The third kappa shape index (κ3) is 4.62. The monoisotopic (exact) mass is 492 g/mol. The van der Waals surface area contributed by atoms with Crippen LogP contribution in [0.4, 0.5) is 17.1 Å². The van der Waals surface area contributed by atoms with Gasteiger partial charge in [0.1, 0.15) is 0 Å². The second-order valence-electron chi connectivity index (χ2n) is 9.80. The van der Waals surface area contributed by atoms with E-state index in [0.29, 0.717) is 32.7 Å². The predicted molar refractivity (Wildman–Crippen MR) is 136 cm³/mol. The number of piperazine rings is 1. The van der Waals surface area contributed by atoms with Crippen LogP contribution in [0.25, 0.3) is 0 Å². The molecule has 3 atom stereocenters. The van der Waals surface area contributed by atoms with Gasteiger partial charge in [0, 0.05) is 56.2 Å². The highest BCUT2D eigenvalue weighted by Crippen LogP contribution is 2.39. The molecule has 2 aromatic rings. The molecule has 5 rings (SSSR count). The number of non-ortho nitro benzene ring substituents is 1. The Morgan fingerprint density at radius 2 is 1.89 bits per heavy atom. The van der Waals surface area contributed by atoms with Crippen molar-refractivity contribution in [3.05, 3.63) is 64.2 Å². The number of likely N-dealkylation sites (tertiary alicyclic amines) is 1. The van der Waals surface area contributed by atoms with E-state index in [0.717, 1.165) is 42.9 Å². The molecule has 1 amide bonds. The molecule has 36 heavy (non-hydrogen) atoms. The number of anilines is 2. The number of esters is 1. The van der Waals surface area contributed by atoms with E-state index in [1.165, 1.54) is 0 Å². The molecular formula is C27H32N4O5. The smallest absolute Gasteiger partial charge is 0.310 e. The van der Waals surface area contributed by atoms with E-state index in [1.54, 1.807) is 19.1 Å². The van der Waals surface area contributed by atoms with Gasteiger partial charge in [-0.05, 0) is 49.9 Å². The van der Waals surface area contributed by atoms with Crippen LogP contribution in [0, 0.1) is 22.0 Å². The number of para-hydroxylation sites is 1. The fourth-order valence-electron chi connectivity index (χ4n) is 5.95. The lowest BCUT2D eigenvalue weighted by Crippen LogP contribution is -2.62. The maximum absolute atomic E-state index is 14.0. The molecule has 0 unspecified atom stereocenters. The Morgan fingerprint density at radius 1 is 1.08 bits per heavy atom. The summed E-state index contributed by atoms with van der Waals surface area (Å²) >= 11 is 0. The Kier molecular flexibility index (Phi) is 6.80. The Bertz CT molecular complexity index is 1140. The van der Waals surface area contributed by atoms with Crippen LogP contribution in [-0.4, -0.2) is 67.1 Å². The van der Waals surface area contributed by atoms with Crippen LogP contribution in [0.2, 0.25) is 0 Å². The van der Waals surface area contributed by atoms with Crippen molar-refractivity contribution in [2.24, 2.45) is 11.8 Å². The number of nitro benzene ring substituents is 1. The summed E-state index contributed by atoms with van der Waals surface area (Å²) in [5, 5.41) is 11.5. The van der Waals surface area contributed by atoms with Gasteiger partial charge in [-0.15, -0.1) is 0 Å². The van der Waals surface area contributed by atoms with E-state index in [9.17, 15) is 19.7 Å². The standard InChI is InChI=1S/C27H32N4O5/c1-2-36-27(33)19-7-6-12-29(17-19)26(32)23-16-20-15-22(31(34)35)10-11-24(20)30-14-13-28(18-25(23)30)21-8-4-3-5-9-21/h3-5,8-11,15,19,23,25H,2,6-7,12-14,16-18H2,1H3/t19-,23+,25-/m1/s1. The van der Waals surface area contributed by atoms with Crippen molar-refractivity contribution in [3.63, 3.8) is 0 Å². The van der Waals surface area contributed by atoms with Crippen molar-refractivity contribution in [3.8, 4) is 0 Å². The van der Waals surface area contributed by atoms with E-state index >= 15 is 0 Å². The van der Waals surface area contributed by atoms with E-state index < -0.39 is 0 Å². The van der Waals surface area contributed by atoms with Gasteiger partial charge in [-0.2, -0.15) is 0 Å². The van der Waals surface area contributed by atoms with Crippen LogP contribution >= 0.6 is 0 Å². The number of hydrogen-bond acceptors (Lipinski definition) is 7. The number of ether oxygens (including phenoxy) is 1. The van der Waals surface area contributed by atoms with Crippen molar-refractivity contribution >= 4 is 28.9 Å². The first-order valence-corrected chi connectivity index (χ1v) is 12.8. The maximum atomic E-state index is 14.0. The molecule has 3 aliphatic heterocycles. The van der Waals surface area contributed by atoms with Gasteiger partial charge in [0.05, 0.1) is 29.4 Å². The summed E-state index contributed by atoms with van der Waals surface area (Å²) in [4.78, 5) is 43.9. The highest BCUT2D eigenvalue weighted by molar-refractivity contribution is 5.84. The van der Waals surface area contributed by atoms with Gasteiger partial charge in [0.2, 0.25) is 5.91 Å². The average Bonchev–Trinajstić information content (AvgIpc) is 2.92. The van der Waals surface area contributed by atoms with Crippen LogP contribution in [-0.2, 0) is 20.7 Å². The second-order valence-corrected chi connectivity index (χ2v) is 9.80. The van der Waals surface area contributed by atoms with Crippen molar-refractivity contribution in [2.45, 2.75) is 32.2 Å². The first-order chi connectivity index (χ1) is 17.5. The van der Waals surface area contributed by atoms with E-state index in [-0.39, 0.29) is 40.4 Å². The van der Waals surface area contributed by atoms with Gasteiger partial charge in [-0.3, -0.25) is 19.7 Å². The summed E-state index contributed by atoms with van der Waals surface area (Å²) in [7, 11) is 0. The Labute approximate surface area is 210 Å². The zero-order valence-electron chi connectivity index (χ0n) is 20.5. The molecule has 3 heterocycles. The maximum Gasteiger partial charge on any atom is 0.310 e. The van der Waals surface area contributed by atoms with Gasteiger partial charge in [-0.1, -0.05) is 18.2 Å². The number of piperidine rings is 1. The van der Waals surface area contributed by atoms with Crippen molar-refractivity contribution in [1.29, 1.82) is 0 Å². The molecule has 0 bridgehead atoms. The Balaban J connectivity index is 1.44. The molecule has 0 saturated carbocycles. The molecule has 9 heteroatoms. The van der Waals surface area contributed by atoms with Crippen molar-refractivity contribution in [2.75, 3.05) is 49.1 Å². The number of carbonyl (C=O) groups excluding carboxylic acids is 2. The number of carbonyl (C=O) groups is 2. The lowest BCUT2D eigenvalue weighted by atomic mass is 9.82. The number of nitro groups is 1. The molecule has 2 saturated heterocycles. The lowest BCUT2D eigenvalue weighted by molar-refractivity contribution is -0.384. The zero-order chi connectivity index (χ0) is 25.2. The van der Waals surface area contributed by atoms with Gasteiger partial charge >= 0.3 is 5.97 Å². The number of amides is 1. The van der Waals surface area contributed by atoms with Gasteiger partial charge < -0.3 is 19.4 Å². The molecule has 9 nitrogen and oxygen atoms in total. The van der Waals surface area contributed by atoms with Crippen LogP contribution < -0.4 is 9.80 Å². The van der Waals surface area contributed by atoms with Crippen molar-refractivity contribution in [1.82, 2.24) is 4.90 Å². The summed E-state index contributed by atoms with van der Waals surface area (Å²) in [6.07, 6.45) is 1.92. The molecule has 0 aromatic heterocycles. The summed E-state index contributed by atoms with van der Waals surface area (Å²) in [5.74, 6) is -0.880. The van der Waals surface area contributed by atoms with E-state index in [1.807, 2.05) is 29.2 Å². The first kappa shape index (κ1) is 24.1. The quantitative estimate of drug-likeness (QED) is 0.359. The van der Waals surface area contributed by atoms with Crippen LogP contribution in [0.1, 0.15) is 25.3 Å². The van der Waals surface area contributed by atoms with Crippen LogP contribution in [0.15, 0.2) is 48.5 Å². The van der Waals surface area contributed by atoms with Gasteiger partial charge in [0.25, 0.3) is 5.69 Å². The van der Waals surface area contributed by atoms with E-state index in [4.69, 9.17) is 4.74 Å². The molecule has 2 fully saturated rings. The fourth-order valence-corrected chi connectivity index (χ4v) is 5.95. The van der Waals surface area contributed by atoms with Gasteiger partial charge in [0.15, 0.2) is 0 Å².